The fourth-order valence-electron chi connectivity index (χ4n) is 3.39. The molecule has 0 aliphatic carbocycles. The van der Waals surface area contributed by atoms with E-state index < -0.39 is 0 Å². The zero-order valence-corrected chi connectivity index (χ0v) is 21.8. The molecule has 0 radical (unpaired) electrons. The number of nitrogens with one attached hydrogen (secondary N) is 2. The molecule has 0 bridgehead atoms. The molecule has 32 heavy (non-hydrogen) atoms. The van der Waals surface area contributed by atoms with Crippen molar-refractivity contribution in [3.8, 4) is 0 Å². The molecule has 0 aromatic heterocycles. The number of fused-ring (bicyclic) bond motifs is 1. The lowest BCUT2D eigenvalue weighted by molar-refractivity contribution is 0.101. The largest absolute Gasteiger partial charge is 0.321 e. The number of rotatable bonds is 4. The molecule has 0 heterocycles. The molecule has 0 atom stereocenters. The maximum atomic E-state index is 12.8. The summed E-state index contributed by atoms with van der Waals surface area (Å²) in [6.45, 7) is 4.03. The summed E-state index contributed by atoms with van der Waals surface area (Å²) in [4.78, 5) is 25.7. The Morgan fingerprint density at radius 2 is 1.03 bits per heavy atom. The van der Waals surface area contributed by atoms with Crippen LogP contribution in [0.15, 0.2) is 72.8 Å². The lowest BCUT2D eigenvalue weighted by Crippen LogP contribution is -2.14. The molecular formula is C26H20I2N2O2. The van der Waals surface area contributed by atoms with Gasteiger partial charge in [0.2, 0.25) is 0 Å². The van der Waals surface area contributed by atoms with E-state index in [4.69, 9.17) is 0 Å². The number of hydrogen-bond acceptors (Lipinski definition) is 2. The Labute approximate surface area is 214 Å². The Kier molecular flexibility index (Phi) is 6.80. The van der Waals surface area contributed by atoms with Gasteiger partial charge in [-0.05, 0) is 107 Å². The number of aryl methyl sites for hydroxylation is 2. The number of amides is 2. The van der Waals surface area contributed by atoms with E-state index in [1.807, 2.05) is 86.6 Å². The monoisotopic (exact) mass is 646 g/mol. The quantitative estimate of drug-likeness (QED) is 0.231. The molecule has 2 N–H and O–H groups in total. The molecular weight excluding hydrogens is 626 g/mol. The van der Waals surface area contributed by atoms with Crippen molar-refractivity contribution in [1.82, 2.24) is 0 Å². The third kappa shape index (κ3) is 4.80. The van der Waals surface area contributed by atoms with Crippen LogP contribution in [0.3, 0.4) is 0 Å². The van der Waals surface area contributed by atoms with Crippen molar-refractivity contribution in [2.45, 2.75) is 13.8 Å². The van der Waals surface area contributed by atoms with E-state index in [0.717, 1.165) is 29.0 Å². The first-order valence-corrected chi connectivity index (χ1v) is 12.2. The smallest absolute Gasteiger partial charge is 0.255 e. The highest BCUT2D eigenvalue weighted by Crippen LogP contribution is 2.30. The summed E-state index contributed by atoms with van der Waals surface area (Å²) >= 11 is 4.46. The molecule has 4 rings (SSSR count). The number of halogens is 2. The van der Waals surface area contributed by atoms with Gasteiger partial charge in [-0.25, -0.2) is 0 Å². The van der Waals surface area contributed by atoms with Gasteiger partial charge in [-0.3, -0.25) is 9.59 Å². The van der Waals surface area contributed by atoms with Crippen LogP contribution in [0.2, 0.25) is 0 Å². The van der Waals surface area contributed by atoms with Crippen LogP contribution in [-0.4, -0.2) is 11.8 Å². The van der Waals surface area contributed by atoms with Gasteiger partial charge in [0.1, 0.15) is 0 Å². The molecule has 4 aromatic rings. The Hall–Kier alpha value is -2.46. The molecule has 0 fully saturated rings. The van der Waals surface area contributed by atoms with Gasteiger partial charge in [0.25, 0.3) is 11.8 Å². The van der Waals surface area contributed by atoms with Crippen molar-refractivity contribution in [3.05, 3.63) is 102 Å². The van der Waals surface area contributed by atoms with Gasteiger partial charge in [0.15, 0.2) is 0 Å². The fourth-order valence-corrected chi connectivity index (χ4v) is 4.42. The number of hydrogen-bond donors (Lipinski definition) is 2. The van der Waals surface area contributed by atoms with E-state index in [0.29, 0.717) is 22.5 Å². The first-order chi connectivity index (χ1) is 15.3. The normalized spacial score (nSPS) is 10.8. The van der Waals surface area contributed by atoms with Gasteiger partial charge in [-0.1, -0.05) is 36.4 Å². The second-order valence-corrected chi connectivity index (χ2v) is 9.87. The van der Waals surface area contributed by atoms with Gasteiger partial charge in [0, 0.05) is 40.4 Å². The summed E-state index contributed by atoms with van der Waals surface area (Å²) in [6.07, 6.45) is 0. The molecule has 0 saturated heterocycles. The van der Waals surface area contributed by atoms with Crippen LogP contribution in [0.1, 0.15) is 31.8 Å². The lowest BCUT2D eigenvalue weighted by Gasteiger charge is -2.13. The Morgan fingerprint density at radius 1 is 0.625 bits per heavy atom. The van der Waals surface area contributed by atoms with E-state index in [-0.39, 0.29) is 11.8 Å². The van der Waals surface area contributed by atoms with E-state index in [9.17, 15) is 9.59 Å². The van der Waals surface area contributed by atoms with Crippen molar-refractivity contribution in [3.63, 3.8) is 0 Å². The SMILES string of the molecule is Cc1ccc(C(=O)Nc2cccc3c(NC(=O)c4ccc(C)c(I)c4)cccc23)cc1I. The Balaban J connectivity index is 1.63. The van der Waals surface area contributed by atoms with E-state index in [1.54, 1.807) is 0 Å². The third-order valence-corrected chi connectivity index (χ3v) is 7.61. The molecule has 0 saturated carbocycles. The van der Waals surface area contributed by atoms with Gasteiger partial charge in [-0.2, -0.15) is 0 Å². The van der Waals surface area contributed by atoms with Crippen molar-refractivity contribution < 1.29 is 9.59 Å². The summed E-state index contributed by atoms with van der Waals surface area (Å²) in [7, 11) is 0. The van der Waals surface area contributed by atoms with Crippen LogP contribution in [0.5, 0.6) is 0 Å². The summed E-state index contributed by atoms with van der Waals surface area (Å²) in [5.74, 6) is -0.335. The number of anilines is 2. The molecule has 4 nitrogen and oxygen atoms in total. The minimum atomic E-state index is -0.168. The molecule has 6 heteroatoms. The van der Waals surface area contributed by atoms with Crippen LogP contribution in [0, 0.1) is 21.0 Å². The topological polar surface area (TPSA) is 58.2 Å². The van der Waals surface area contributed by atoms with Crippen LogP contribution in [0.25, 0.3) is 10.8 Å². The Bertz CT molecular complexity index is 1260. The lowest BCUT2D eigenvalue weighted by atomic mass is 10.1. The average Bonchev–Trinajstić information content (AvgIpc) is 2.78. The number of carbonyl (C=O) groups excluding carboxylic acids is 2. The molecule has 0 unspecified atom stereocenters. The summed E-state index contributed by atoms with van der Waals surface area (Å²) < 4.78 is 2.09. The van der Waals surface area contributed by atoms with Crippen molar-refractivity contribution in [2.75, 3.05) is 10.6 Å². The molecule has 4 aromatic carbocycles. The predicted molar refractivity (Wildman–Crippen MR) is 148 cm³/mol. The minimum Gasteiger partial charge on any atom is -0.321 e. The predicted octanol–water partition coefficient (Wildman–Crippen LogP) is 7.17. The molecule has 160 valence electrons. The number of benzene rings is 4. The summed E-state index contributed by atoms with van der Waals surface area (Å²) in [5, 5.41) is 7.76. The first-order valence-electron chi connectivity index (χ1n) is 10.0. The van der Waals surface area contributed by atoms with Gasteiger partial charge < -0.3 is 10.6 Å². The van der Waals surface area contributed by atoms with Crippen molar-refractivity contribution >= 4 is 79.1 Å². The summed E-state index contributed by atoms with van der Waals surface area (Å²) in [6, 6.07) is 22.7. The molecule has 2 amide bonds. The number of carbonyl (C=O) groups is 2. The van der Waals surface area contributed by atoms with Crippen LogP contribution in [-0.2, 0) is 0 Å². The van der Waals surface area contributed by atoms with Gasteiger partial charge in [-0.15, -0.1) is 0 Å². The van der Waals surface area contributed by atoms with Crippen molar-refractivity contribution in [2.24, 2.45) is 0 Å². The molecule has 0 aliphatic heterocycles. The third-order valence-electron chi connectivity index (χ3n) is 5.29. The zero-order valence-electron chi connectivity index (χ0n) is 17.5. The highest BCUT2D eigenvalue weighted by atomic mass is 127. The average molecular weight is 646 g/mol. The van der Waals surface area contributed by atoms with E-state index >= 15 is 0 Å². The minimum absolute atomic E-state index is 0.168. The van der Waals surface area contributed by atoms with Crippen LogP contribution in [0.4, 0.5) is 11.4 Å². The highest BCUT2D eigenvalue weighted by molar-refractivity contribution is 14.1. The molecule has 0 spiro atoms. The fraction of sp³-hybridized carbons (Fsp3) is 0.0769. The second kappa shape index (κ2) is 9.58. The van der Waals surface area contributed by atoms with Gasteiger partial charge in [0.05, 0.1) is 0 Å². The van der Waals surface area contributed by atoms with Crippen LogP contribution >= 0.6 is 45.2 Å². The summed E-state index contributed by atoms with van der Waals surface area (Å²) in [5.41, 5.74) is 4.88. The maximum absolute atomic E-state index is 12.8. The first kappa shape index (κ1) is 22.7. The zero-order chi connectivity index (χ0) is 22.8. The Morgan fingerprint density at radius 3 is 1.41 bits per heavy atom. The second-order valence-electron chi connectivity index (χ2n) is 7.54. The van der Waals surface area contributed by atoms with Gasteiger partial charge >= 0.3 is 0 Å². The van der Waals surface area contributed by atoms with Crippen molar-refractivity contribution in [1.29, 1.82) is 0 Å². The van der Waals surface area contributed by atoms with E-state index in [1.165, 1.54) is 0 Å². The standard InChI is InChI=1S/C26H20I2N2O2/c1-15-9-11-17(13-21(15)27)25(31)29-23-7-3-6-20-19(23)5-4-8-24(20)30-26(32)18-12-10-16(2)22(28)14-18/h3-14H,1-2H3,(H,29,31)(H,30,32). The molecule has 0 aliphatic rings. The van der Waals surface area contributed by atoms with Crippen LogP contribution < -0.4 is 10.6 Å². The van der Waals surface area contributed by atoms with E-state index in [2.05, 4.69) is 55.8 Å². The highest BCUT2D eigenvalue weighted by Gasteiger charge is 2.13. The maximum Gasteiger partial charge on any atom is 0.255 e.